The van der Waals surface area contributed by atoms with E-state index in [9.17, 15) is 4.79 Å². The number of allylic oxidation sites excluding steroid dienone is 1. The molecule has 0 aliphatic heterocycles. The molecule has 0 unspecified atom stereocenters. The van der Waals surface area contributed by atoms with Gasteiger partial charge in [-0.2, -0.15) is 10.5 Å². The average molecular weight is 295 g/mol. The fraction of sp³-hybridized carbons (Fsp3) is 0.353. The maximum Gasteiger partial charge on any atom is 0.340 e. The van der Waals surface area contributed by atoms with Crippen LogP contribution in [0.1, 0.15) is 42.5 Å². The molecule has 1 aliphatic carbocycles. The number of rotatable bonds is 4. The van der Waals surface area contributed by atoms with E-state index in [0.29, 0.717) is 11.3 Å². The highest BCUT2D eigenvalue weighted by molar-refractivity contribution is 5.96. The van der Waals surface area contributed by atoms with Crippen molar-refractivity contribution in [2.75, 3.05) is 5.32 Å². The molecule has 5 nitrogen and oxygen atoms in total. The molecule has 1 aliphatic rings. The second-order valence-corrected chi connectivity index (χ2v) is 5.14. The number of nitrogens with one attached hydrogen (secondary N) is 1. The molecule has 2 rings (SSSR count). The van der Waals surface area contributed by atoms with Crippen molar-refractivity contribution in [1.82, 2.24) is 0 Å². The predicted octanol–water partition coefficient (Wildman–Crippen LogP) is 3.52. The normalized spacial score (nSPS) is 14.3. The third-order valence-electron chi connectivity index (χ3n) is 3.59. The van der Waals surface area contributed by atoms with Crippen molar-refractivity contribution in [3.05, 3.63) is 41.6 Å². The third kappa shape index (κ3) is 4.10. The van der Waals surface area contributed by atoms with Crippen LogP contribution in [0.2, 0.25) is 0 Å². The van der Waals surface area contributed by atoms with Crippen LogP contribution >= 0.6 is 0 Å². The van der Waals surface area contributed by atoms with Gasteiger partial charge in [-0.3, -0.25) is 0 Å². The molecular weight excluding hydrogens is 278 g/mol. The quantitative estimate of drug-likeness (QED) is 0.678. The van der Waals surface area contributed by atoms with Crippen molar-refractivity contribution in [1.29, 1.82) is 10.5 Å². The smallest absolute Gasteiger partial charge is 0.340 e. The monoisotopic (exact) mass is 295 g/mol. The van der Waals surface area contributed by atoms with Gasteiger partial charge in [-0.15, -0.1) is 0 Å². The zero-order valence-corrected chi connectivity index (χ0v) is 12.2. The molecule has 0 spiro atoms. The standard InChI is InChI=1S/C17H17N3O2/c18-10-13(11-19)12-20-16-9-5-4-8-15(16)17(21)22-14-6-2-1-3-7-14/h4-5,8-9,12,14,20H,1-3,6-7H2. The van der Waals surface area contributed by atoms with Gasteiger partial charge in [0.05, 0.1) is 11.3 Å². The second-order valence-electron chi connectivity index (χ2n) is 5.14. The zero-order valence-electron chi connectivity index (χ0n) is 12.2. The topological polar surface area (TPSA) is 85.9 Å². The summed E-state index contributed by atoms with van der Waals surface area (Å²) in [7, 11) is 0. The Morgan fingerprint density at radius 2 is 1.86 bits per heavy atom. The first kappa shape index (κ1) is 15.6. The summed E-state index contributed by atoms with van der Waals surface area (Å²) >= 11 is 0. The summed E-state index contributed by atoms with van der Waals surface area (Å²) in [6, 6.07) is 10.4. The summed E-state index contributed by atoms with van der Waals surface area (Å²) in [5.74, 6) is -0.376. The van der Waals surface area contributed by atoms with Crippen molar-refractivity contribution >= 4 is 11.7 Å². The molecule has 0 amide bonds. The Balaban J connectivity index is 2.10. The fourth-order valence-corrected chi connectivity index (χ4v) is 2.42. The maximum absolute atomic E-state index is 12.3. The molecule has 0 radical (unpaired) electrons. The summed E-state index contributed by atoms with van der Waals surface area (Å²) in [6.45, 7) is 0. The van der Waals surface area contributed by atoms with E-state index in [1.165, 1.54) is 12.6 Å². The van der Waals surface area contributed by atoms with Crippen LogP contribution < -0.4 is 5.32 Å². The molecule has 5 heteroatoms. The van der Waals surface area contributed by atoms with Gasteiger partial charge in [0.25, 0.3) is 0 Å². The Morgan fingerprint density at radius 1 is 1.18 bits per heavy atom. The summed E-state index contributed by atoms with van der Waals surface area (Å²) in [5, 5.41) is 20.3. The number of carbonyl (C=O) groups excluding carboxylic acids is 1. The van der Waals surface area contributed by atoms with Crippen LogP contribution in [-0.4, -0.2) is 12.1 Å². The van der Waals surface area contributed by atoms with E-state index in [0.717, 1.165) is 25.7 Å². The lowest BCUT2D eigenvalue weighted by Gasteiger charge is -2.22. The lowest BCUT2D eigenvalue weighted by molar-refractivity contribution is 0.0212. The van der Waals surface area contributed by atoms with E-state index < -0.39 is 0 Å². The molecule has 1 fully saturated rings. The van der Waals surface area contributed by atoms with E-state index in [1.54, 1.807) is 36.4 Å². The highest BCUT2D eigenvalue weighted by Gasteiger charge is 2.20. The number of nitriles is 2. The van der Waals surface area contributed by atoms with Crippen molar-refractivity contribution in [2.24, 2.45) is 0 Å². The Kier molecular flexibility index (Phi) is 5.57. The molecule has 22 heavy (non-hydrogen) atoms. The lowest BCUT2D eigenvalue weighted by Crippen LogP contribution is -2.21. The van der Waals surface area contributed by atoms with E-state index >= 15 is 0 Å². The number of benzene rings is 1. The number of hydrogen-bond acceptors (Lipinski definition) is 5. The molecule has 1 N–H and O–H groups in total. The number of nitrogens with zero attached hydrogens (tertiary/aromatic N) is 2. The SMILES string of the molecule is N#CC(C#N)=CNc1ccccc1C(=O)OC1CCCCC1. The Morgan fingerprint density at radius 3 is 2.55 bits per heavy atom. The van der Waals surface area contributed by atoms with Crippen LogP contribution in [-0.2, 0) is 4.74 Å². The summed E-state index contributed by atoms with van der Waals surface area (Å²) in [4.78, 5) is 12.3. The number of esters is 1. The maximum atomic E-state index is 12.3. The Labute approximate surface area is 129 Å². The van der Waals surface area contributed by atoms with Crippen LogP contribution in [0.4, 0.5) is 5.69 Å². The number of hydrogen-bond donors (Lipinski definition) is 1. The molecule has 0 atom stereocenters. The second kappa shape index (κ2) is 7.85. The minimum Gasteiger partial charge on any atom is -0.459 e. The largest absolute Gasteiger partial charge is 0.459 e. The van der Waals surface area contributed by atoms with Gasteiger partial charge >= 0.3 is 5.97 Å². The highest BCUT2D eigenvalue weighted by Crippen LogP contribution is 2.23. The van der Waals surface area contributed by atoms with Crippen LogP contribution in [0.5, 0.6) is 0 Å². The Hall–Kier alpha value is -2.79. The number of para-hydroxylation sites is 1. The summed E-state index contributed by atoms with van der Waals surface area (Å²) in [5.41, 5.74) is 0.862. The van der Waals surface area contributed by atoms with Crippen LogP contribution in [0.3, 0.4) is 0 Å². The van der Waals surface area contributed by atoms with E-state index in [1.807, 2.05) is 0 Å². The molecule has 1 aromatic carbocycles. The van der Waals surface area contributed by atoms with Gasteiger partial charge in [0.1, 0.15) is 23.8 Å². The number of carbonyl (C=O) groups is 1. The van der Waals surface area contributed by atoms with Gasteiger partial charge < -0.3 is 10.1 Å². The van der Waals surface area contributed by atoms with Gasteiger partial charge in [-0.05, 0) is 37.8 Å². The zero-order chi connectivity index (χ0) is 15.8. The summed E-state index contributed by atoms with van der Waals surface area (Å²) < 4.78 is 5.55. The van der Waals surface area contributed by atoms with Crippen LogP contribution in [0.15, 0.2) is 36.0 Å². The van der Waals surface area contributed by atoms with E-state index in [-0.39, 0.29) is 17.6 Å². The lowest BCUT2D eigenvalue weighted by atomic mass is 9.98. The van der Waals surface area contributed by atoms with Crippen molar-refractivity contribution in [3.8, 4) is 12.1 Å². The van der Waals surface area contributed by atoms with Crippen LogP contribution in [0.25, 0.3) is 0 Å². The predicted molar refractivity (Wildman–Crippen MR) is 81.7 cm³/mol. The molecular formula is C17H17N3O2. The summed E-state index contributed by atoms with van der Waals surface area (Å²) in [6.07, 6.45) is 6.47. The molecule has 0 heterocycles. The molecule has 0 bridgehead atoms. The van der Waals surface area contributed by atoms with Crippen LogP contribution in [0, 0.1) is 22.7 Å². The van der Waals surface area contributed by atoms with Crippen molar-refractivity contribution in [2.45, 2.75) is 38.2 Å². The van der Waals surface area contributed by atoms with Gasteiger partial charge in [0.15, 0.2) is 0 Å². The number of ether oxygens (including phenoxy) is 1. The third-order valence-corrected chi connectivity index (χ3v) is 3.59. The van der Waals surface area contributed by atoms with Crippen molar-refractivity contribution < 1.29 is 9.53 Å². The van der Waals surface area contributed by atoms with E-state index in [2.05, 4.69) is 5.32 Å². The molecule has 112 valence electrons. The number of anilines is 1. The molecule has 0 aromatic heterocycles. The fourth-order valence-electron chi connectivity index (χ4n) is 2.42. The molecule has 0 saturated heterocycles. The Bertz CT molecular complexity index is 631. The highest BCUT2D eigenvalue weighted by atomic mass is 16.5. The van der Waals surface area contributed by atoms with Gasteiger partial charge in [-0.1, -0.05) is 18.6 Å². The molecule has 1 aromatic rings. The molecule has 1 saturated carbocycles. The van der Waals surface area contributed by atoms with E-state index in [4.69, 9.17) is 15.3 Å². The van der Waals surface area contributed by atoms with Gasteiger partial charge in [0.2, 0.25) is 0 Å². The van der Waals surface area contributed by atoms with Gasteiger partial charge in [0, 0.05) is 6.20 Å². The van der Waals surface area contributed by atoms with Gasteiger partial charge in [-0.25, -0.2) is 4.79 Å². The minimum absolute atomic E-state index is 0.0152. The first-order valence-corrected chi connectivity index (χ1v) is 7.31. The first-order chi connectivity index (χ1) is 10.7. The first-order valence-electron chi connectivity index (χ1n) is 7.31. The minimum atomic E-state index is -0.376. The average Bonchev–Trinajstić information content (AvgIpc) is 2.57. The van der Waals surface area contributed by atoms with Crippen molar-refractivity contribution in [3.63, 3.8) is 0 Å².